The number of nitrogens with one attached hydrogen (secondary N) is 1. The summed E-state index contributed by atoms with van der Waals surface area (Å²) in [5.41, 5.74) is 2.36. The summed E-state index contributed by atoms with van der Waals surface area (Å²) in [7, 11) is 0. The number of nitrogens with zero attached hydrogens (tertiary/aromatic N) is 1. The van der Waals surface area contributed by atoms with E-state index >= 15 is 0 Å². The molecule has 0 heterocycles. The minimum absolute atomic E-state index is 0.0238. The van der Waals surface area contributed by atoms with Gasteiger partial charge in [0.25, 0.3) is 5.91 Å². The number of rotatable bonds is 6. The van der Waals surface area contributed by atoms with E-state index in [1.54, 1.807) is 24.3 Å². The molecule has 0 aliphatic rings. The first-order chi connectivity index (χ1) is 12.5. The highest BCUT2D eigenvalue weighted by Gasteiger charge is 2.13. The standard InChI is InChI=1S/C20H16BrIN2O2/c1-3-8-26-19-16(21)10-14(11-17(19)22)9-15(12-23)20(25)24-18-7-5-4-6-13(18)2/h3-7,9-11H,1,8H2,2H3,(H,24,25)/b15-9-. The number of benzene rings is 2. The third-order valence-corrected chi connectivity index (χ3v) is 4.83. The number of carbonyl (C=O) groups is 1. The van der Waals surface area contributed by atoms with Gasteiger partial charge in [-0.3, -0.25) is 4.79 Å². The van der Waals surface area contributed by atoms with Crippen LogP contribution in [0.25, 0.3) is 6.08 Å². The van der Waals surface area contributed by atoms with Crippen LogP contribution in [0, 0.1) is 21.8 Å². The van der Waals surface area contributed by atoms with E-state index in [-0.39, 0.29) is 5.57 Å². The molecule has 26 heavy (non-hydrogen) atoms. The van der Waals surface area contributed by atoms with Crippen LogP contribution in [-0.4, -0.2) is 12.5 Å². The number of aryl methyl sites for hydroxylation is 1. The lowest BCUT2D eigenvalue weighted by atomic mass is 10.1. The minimum atomic E-state index is -0.445. The van der Waals surface area contributed by atoms with Crippen molar-refractivity contribution >= 4 is 56.2 Å². The summed E-state index contributed by atoms with van der Waals surface area (Å²) in [5.74, 6) is 0.255. The fourth-order valence-corrected chi connectivity index (χ4v) is 3.93. The predicted molar refractivity (Wildman–Crippen MR) is 116 cm³/mol. The highest BCUT2D eigenvalue weighted by molar-refractivity contribution is 14.1. The lowest BCUT2D eigenvalue weighted by Gasteiger charge is -2.10. The third kappa shape index (κ3) is 5.19. The number of ether oxygens (including phenoxy) is 1. The first kappa shape index (κ1) is 20.2. The van der Waals surface area contributed by atoms with Crippen LogP contribution in [0.4, 0.5) is 5.69 Å². The lowest BCUT2D eigenvalue weighted by Crippen LogP contribution is -2.14. The van der Waals surface area contributed by atoms with Crippen molar-refractivity contribution in [3.8, 4) is 11.8 Å². The second-order valence-electron chi connectivity index (χ2n) is 5.35. The van der Waals surface area contributed by atoms with Gasteiger partial charge < -0.3 is 10.1 Å². The maximum atomic E-state index is 12.4. The summed E-state index contributed by atoms with van der Waals surface area (Å²) in [4.78, 5) is 12.4. The van der Waals surface area contributed by atoms with Crippen LogP contribution in [-0.2, 0) is 4.79 Å². The quantitative estimate of drug-likeness (QED) is 0.237. The average molecular weight is 523 g/mol. The smallest absolute Gasteiger partial charge is 0.266 e. The van der Waals surface area contributed by atoms with Crippen molar-refractivity contribution in [2.75, 3.05) is 11.9 Å². The molecule has 0 aliphatic carbocycles. The second-order valence-corrected chi connectivity index (χ2v) is 7.37. The van der Waals surface area contributed by atoms with Crippen LogP contribution in [0.1, 0.15) is 11.1 Å². The fourth-order valence-electron chi connectivity index (χ4n) is 2.16. The van der Waals surface area contributed by atoms with E-state index in [0.29, 0.717) is 18.0 Å². The van der Waals surface area contributed by atoms with Crippen LogP contribution >= 0.6 is 38.5 Å². The zero-order chi connectivity index (χ0) is 19.1. The van der Waals surface area contributed by atoms with Crippen molar-refractivity contribution in [3.63, 3.8) is 0 Å². The molecule has 0 saturated heterocycles. The van der Waals surface area contributed by atoms with Crippen LogP contribution in [0.15, 0.2) is 59.1 Å². The highest BCUT2D eigenvalue weighted by atomic mass is 127. The Bertz CT molecular complexity index is 893. The van der Waals surface area contributed by atoms with Crippen molar-refractivity contribution in [1.82, 2.24) is 0 Å². The molecule has 0 aromatic heterocycles. The van der Waals surface area contributed by atoms with Crippen molar-refractivity contribution < 1.29 is 9.53 Å². The molecule has 0 bridgehead atoms. The third-order valence-electron chi connectivity index (χ3n) is 3.44. The molecule has 4 nitrogen and oxygen atoms in total. The van der Waals surface area contributed by atoms with Crippen LogP contribution in [0.2, 0.25) is 0 Å². The monoisotopic (exact) mass is 522 g/mol. The molecule has 0 saturated carbocycles. The van der Waals surface area contributed by atoms with Gasteiger partial charge in [0.2, 0.25) is 0 Å². The summed E-state index contributed by atoms with van der Waals surface area (Å²) in [6.07, 6.45) is 3.22. The molecule has 6 heteroatoms. The molecule has 1 N–H and O–H groups in total. The minimum Gasteiger partial charge on any atom is -0.487 e. The topological polar surface area (TPSA) is 62.1 Å². The Labute approximate surface area is 174 Å². The summed E-state index contributed by atoms with van der Waals surface area (Å²) in [6, 6.07) is 13.0. The van der Waals surface area contributed by atoms with Crippen LogP contribution in [0.3, 0.4) is 0 Å². The van der Waals surface area contributed by atoms with Gasteiger partial charge in [0, 0.05) is 5.69 Å². The van der Waals surface area contributed by atoms with Gasteiger partial charge in [0.1, 0.15) is 24.0 Å². The van der Waals surface area contributed by atoms with Crippen LogP contribution in [0.5, 0.6) is 5.75 Å². The van der Waals surface area contributed by atoms with Crippen molar-refractivity contribution in [3.05, 3.63) is 73.8 Å². The van der Waals surface area contributed by atoms with Gasteiger partial charge in [0.05, 0.1) is 8.04 Å². The molecule has 1 amide bonds. The number of para-hydroxylation sites is 1. The van der Waals surface area contributed by atoms with Gasteiger partial charge in [-0.05, 0) is 80.8 Å². The van der Waals surface area contributed by atoms with Gasteiger partial charge in [-0.25, -0.2) is 0 Å². The largest absolute Gasteiger partial charge is 0.487 e. The molecule has 0 spiro atoms. The Morgan fingerprint density at radius 1 is 1.42 bits per heavy atom. The molecule has 0 unspecified atom stereocenters. The van der Waals surface area contributed by atoms with Gasteiger partial charge in [-0.2, -0.15) is 5.26 Å². The molecular weight excluding hydrogens is 507 g/mol. The first-order valence-electron chi connectivity index (χ1n) is 7.67. The normalized spacial score (nSPS) is 10.8. The number of anilines is 1. The molecule has 0 atom stereocenters. The molecule has 0 fully saturated rings. The number of hydrogen-bond donors (Lipinski definition) is 1. The van der Waals surface area contributed by atoms with Gasteiger partial charge in [-0.1, -0.05) is 30.9 Å². The predicted octanol–water partition coefficient (Wildman–Crippen LogP) is 5.47. The van der Waals surface area contributed by atoms with E-state index in [1.807, 2.05) is 37.3 Å². The van der Waals surface area contributed by atoms with E-state index < -0.39 is 5.91 Å². The molecule has 132 valence electrons. The summed E-state index contributed by atoms with van der Waals surface area (Å²) >= 11 is 5.61. The van der Waals surface area contributed by atoms with Crippen molar-refractivity contribution in [2.45, 2.75) is 6.92 Å². The van der Waals surface area contributed by atoms with E-state index in [2.05, 4.69) is 50.4 Å². The SMILES string of the molecule is C=CCOc1c(Br)cc(/C=C(/C#N)C(=O)Nc2ccccc2C)cc1I. The van der Waals surface area contributed by atoms with E-state index in [0.717, 1.165) is 19.2 Å². The molecule has 0 radical (unpaired) electrons. The second kappa shape index (κ2) is 9.55. The average Bonchev–Trinajstić information content (AvgIpc) is 2.61. The van der Waals surface area contributed by atoms with E-state index in [1.165, 1.54) is 0 Å². The highest BCUT2D eigenvalue weighted by Crippen LogP contribution is 2.32. The van der Waals surface area contributed by atoms with Crippen molar-refractivity contribution in [2.24, 2.45) is 0 Å². The number of amides is 1. The maximum absolute atomic E-state index is 12.4. The zero-order valence-electron chi connectivity index (χ0n) is 14.1. The molecule has 2 aromatic carbocycles. The molecule has 0 aliphatic heterocycles. The fraction of sp³-hybridized carbons (Fsp3) is 0.100. The van der Waals surface area contributed by atoms with E-state index in [9.17, 15) is 10.1 Å². The first-order valence-corrected chi connectivity index (χ1v) is 9.55. The summed E-state index contributed by atoms with van der Waals surface area (Å²) in [6.45, 7) is 5.92. The van der Waals surface area contributed by atoms with Crippen LogP contribution < -0.4 is 10.1 Å². The number of hydrogen-bond acceptors (Lipinski definition) is 3. The van der Waals surface area contributed by atoms with Gasteiger partial charge in [0.15, 0.2) is 0 Å². The number of halogens is 2. The number of carbonyl (C=O) groups excluding carboxylic acids is 1. The van der Waals surface area contributed by atoms with Gasteiger partial charge in [-0.15, -0.1) is 0 Å². The Kier molecular flexibility index (Phi) is 7.42. The Morgan fingerprint density at radius 3 is 2.77 bits per heavy atom. The summed E-state index contributed by atoms with van der Waals surface area (Å²) < 4.78 is 7.21. The molecule has 2 rings (SSSR count). The maximum Gasteiger partial charge on any atom is 0.266 e. The zero-order valence-corrected chi connectivity index (χ0v) is 17.8. The summed E-state index contributed by atoms with van der Waals surface area (Å²) in [5, 5.41) is 12.2. The molecular formula is C20H16BrIN2O2. The number of nitriles is 1. The Hall–Kier alpha value is -2.11. The Morgan fingerprint density at radius 2 is 2.15 bits per heavy atom. The van der Waals surface area contributed by atoms with Gasteiger partial charge >= 0.3 is 0 Å². The molecule has 2 aromatic rings. The van der Waals surface area contributed by atoms with Crippen molar-refractivity contribution in [1.29, 1.82) is 5.26 Å². The van der Waals surface area contributed by atoms with E-state index in [4.69, 9.17) is 4.74 Å². The lowest BCUT2D eigenvalue weighted by molar-refractivity contribution is -0.112. The Balaban J connectivity index is 2.28.